The van der Waals surface area contributed by atoms with E-state index < -0.39 is 0 Å². The third-order valence-electron chi connectivity index (χ3n) is 3.79. The molecule has 1 atom stereocenters. The molecule has 124 valence electrons. The van der Waals surface area contributed by atoms with Crippen LogP contribution in [0.5, 0.6) is 0 Å². The third kappa shape index (κ3) is 6.34. The van der Waals surface area contributed by atoms with Crippen molar-refractivity contribution in [2.75, 3.05) is 13.2 Å². The number of carbonyl (C=O) groups excluding carboxylic acids is 1. The summed E-state index contributed by atoms with van der Waals surface area (Å²) in [6.45, 7) is 5.11. The van der Waals surface area contributed by atoms with Gasteiger partial charge >= 0.3 is 0 Å². The Morgan fingerprint density at radius 3 is 2.82 bits per heavy atom. The molecule has 0 aliphatic carbocycles. The fraction of sp³-hybridized carbons (Fsp3) is 0.588. The van der Waals surface area contributed by atoms with Gasteiger partial charge in [-0.1, -0.05) is 31.2 Å². The number of nitrogens with one attached hydrogen (secondary N) is 2. The number of benzene rings is 1. The lowest BCUT2D eigenvalue weighted by Crippen LogP contribution is -2.31. The molecule has 0 spiro atoms. The molecule has 2 rings (SSSR count). The molecular formula is C17H27ClN2O2. The quantitative estimate of drug-likeness (QED) is 0.722. The molecule has 5 heteroatoms. The van der Waals surface area contributed by atoms with Gasteiger partial charge in [0.05, 0.1) is 6.61 Å². The number of hydrogen-bond acceptors (Lipinski definition) is 3. The zero-order chi connectivity index (χ0) is 14.9. The molecule has 2 N–H and O–H groups in total. The molecule has 22 heavy (non-hydrogen) atoms. The van der Waals surface area contributed by atoms with Crippen molar-refractivity contribution in [2.45, 2.75) is 51.8 Å². The summed E-state index contributed by atoms with van der Waals surface area (Å²) in [4.78, 5) is 12.0. The van der Waals surface area contributed by atoms with Gasteiger partial charge in [-0.3, -0.25) is 4.79 Å². The van der Waals surface area contributed by atoms with Crippen LogP contribution >= 0.6 is 12.4 Å². The Hall–Kier alpha value is -1.10. The van der Waals surface area contributed by atoms with Crippen LogP contribution in [-0.4, -0.2) is 25.1 Å². The average Bonchev–Trinajstić information content (AvgIpc) is 2.99. The molecule has 0 saturated carbocycles. The zero-order valence-corrected chi connectivity index (χ0v) is 14.1. The lowest BCUT2D eigenvalue weighted by Gasteiger charge is -2.13. The minimum atomic E-state index is 0. The van der Waals surface area contributed by atoms with Crippen molar-refractivity contribution in [2.24, 2.45) is 0 Å². The van der Waals surface area contributed by atoms with E-state index in [0.29, 0.717) is 25.6 Å². The van der Waals surface area contributed by atoms with Gasteiger partial charge in [-0.05, 0) is 36.9 Å². The van der Waals surface area contributed by atoms with E-state index in [1.165, 1.54) is 6.42 Å². The Balaban J connectivity index is 0.00000242. The lowest BCUT2D eigenvalue weighted by molar-refractivity contribution is -0.121. The predicted molar refractivity (Wildman–Crippen MR) is 91.1 cm³/mol. The first-order valence-corrected chi connectivity index (χ1v) is 7.94. The van der Waals surface area contributed by atoms with E-state index >= 15 is 0 Å². The third-order valence-corrected chi connectivity index (χ3v) is 3.79. The van der Waals surface area contributed by atoms with Gasteiger partial charge in [0.1, 0.15) is 0 Å². The van der Waals surface area contributed by atoms with Crippen LogP contribution in [0.4, 0.5) is 0 Å². The second-order valence-corrected chi connectivity index (χ2v) is 5.60. The maximum Gasteiger partial charge on any atom is 0.221 e. The molecule has 1 saturated heterocycles. The van der Waals surface area contributed by atoms with Crippen molar-refractivity contribution in [3.63, 3.8) is 0 Å². The van der Waals surface area contributed by atoms with Gasteiger partial charge in [0.2, 0.25) is 5.91 Å². The van der Waals surface area contributed by atoms with Gasteiger partial charge in [-0.2, -0.15) is 0 Å². The molecule has 1 aliphatic rings. The standard InChI is InChI=1S/C17H26N2O2.ClH/c1-2-10-21-13-15-7-4-3-6-14(15)12-19-17(20)11-16-8-5-9-18-16;/h3-4,6-7,16,18H,2,5,8-13H2,1H3,(H,19,20);1H. The van der Waals surface area contributed by atoms with Crippen LogP contribution in [0.1, 0.15) is 43.7 Å². The van der Waals surface area contributed by atoms with E-state index in [0.717, 1.165) is 37.1 Å². The topological polar surface area (TPSA) is 50.4 Å². The minimum absolute atomic E-state index is 0. The number of hydrogen-bond donors (Lipinski definition) is 2. The van der Waals surface area contributed by atoms with Crippen molar-refractivity contribution in [3.05, 3.63) is 35.4 Å². The largest absolute Gasteiger partial charge is 0.377 e. The summed E-state index contributed by atoms with van der Waals surface area (Å²) in [7, 11) is 0. The fourth-order valence-electron chi connectivity index (χ4n) is 2.62. The summed E-state index contributed by atoms with van der Waals surface area (Å²) >= 11 is 0. The summed E-state index contributed by atoms with van der Waals surface area (Å²) in [5.41, 5.74) is 2.30. The lowest BCUT2D eigenvalue weighted by atomic mass is 10.1. The number of ether oxygens (including phenoxy) is 1. The average molecular weight is 327 g/mol. The second kappa shape index (κ2) is 10.6. The van der Waals surface area contributed by atoms with Crippen LogP contribution < -0.4 is 10.6 Å². The Labute approximate surface area is 139 Å². The number of rotatable bonds is 8. The highest BCUT2D eigenvalue weighted by Crippen LogP contribution is 2.11. The summed E-state index contributed by atoms with van der Waals surface area (Å²) in [6, 6.07) is 8.49. The van der Waals surface area contributed by atoms with Gasteiger partial charge < -0.3 is 15.4 Å². The first-order valence-electron chi connectivity index (χ1n) is 7.94. The highest BCUT2D eigenvalue weighted by molar-refractivity contribution is 5.85. The van der Waals surface area contributed by atoms with Crippen LogP contribution in [-0.2, 0) is 22.7 Å². The Bertz CT molecular complexity index is 448. The molecule has 1 fully saturated rings. The Morgan fingerprint density at radius 1 is 1.36 bits per heavy atom. The monoisotopic (exact) mass is 326 g/mol. The van der Waals surface area contributed by atoms with E-state index in [1.54, 1.807) is 0 Å². The molecule has 1 unspecified atom stereocenters. The van der Waals surface area contributed by atoms with Crippen LogP contribution in [0, 0.1) is 0 Å². The zero-order valence-electron chi connectivity index (χ0n) is 13.3. The number of halogens is 1. The van der Waals surface area contributed by atoms with Crippen LogP contribution in [0.15, 0.2) is 24.3 Å². The molecule has 1 aromatic carbocycles. The number of carbonyl (C=O) groups is 1. The normalized spacial score (nSPS) is 17.0. The van der Waals surface area contributed by atoms with E-state index in [9.17, 15) is 4.79 Å². The van der Waals surface area contributed by atoms with E-state index in [4.69, 9.17) is 4.74 Å². The molecule has 0 aromatic heterocycles. The summed E-state index contributed by atoms with van der Waals surface area (Å²) in [5.74, 6) is 0.124. The van der Waals surface area contributed by atoms with Crippen molar-refractivity contribution < 1.29 is 9.53 Å². The molecule has 1 amide bonds. The van der Waals surface area contributed by atoms with Gasteiger partial charge in [0.15, 0.2) is 0 Å². The van der Waals surface area contributed by atoms with E-state index in [1.807, 2.05) is 12.1 Å². The SMILES string of the molecule is CCCOCc1ccccc1CNC(=O)CC1CCCN1.Cl. The maximum absolute atomic E-state index is 12.0. The number of amides is 1. The van der Waals surface area contributed by atoms with Crippen molar-refractivity contribution in [1.29, 1.82) is 0 Å². The van der Waals surface area contributed by atoms with Crippen LogP contribution in [0.3, 0.4) is 0 Å². The molecular weight excluding hydrogens is 300 g/mol. The highest BCUT2D eigenvalue weighted by atomic mass is 35.5. The molecule has 0 radical (unpaired) electrons. The predicted octanol–water partition coefficient (Wildman–Crippen LogP) is 2.79. The summed E-state index contributed by atoms with van der Waals surface area (Å²) in [6.07, 6.45) is 3.88. The first kappa shape index (κ1) is 18.9. The molecule has 4 nitrogen and oxygen atoms in total. The van der Waals surface area contributed by atoms with Gasteiger partial charge in [-0.15, -0.1) is 12.4 Å². The van der Waals surface area contributed by atoms with Gasteiger partial charge in [-0.25, -0.2) is 0 Å². The van der Waals surface area contributed by atoms with E-state index in [2.05, 4.69) is 29.7 Å². The Kier molecular flexibility index (Phi) is 9.13. The Morgan fingerprint density at radius 2 is 2.14 bits per heavy atom. The van der Waals surface area contributed by atoms with Crippen LogP contribution in [0.2, 0.25) is 0 Å². The first-order chi connectivity index (χ1) is 10.3. The highest BCUT2D eigenvalue weighted by Gasteiger charge is 2.17. The van der Waals surface area contributed by atoms with Crippen molar-refractivity contribution in [1.82, 2.24) is 10.6 Å². The molecule has 1 aromatic rings. The van der Waals surface area contributed by atoms with Crippen molar-refractivity contribution in [3.8, 4) is 0 Å². The van der Waals surface area contributed by atoms with E-state index in [-0.39, 0.29) is 18.3 Å². The smallest absolute Gasteiger partial charge is 0.221 e. The molecule has 1 heterocycles. The minimum Gasteiger partial charge on any atom is -0.377 e. The second-order valence-electron chi connectivity index (χ2n) is 5.60. The molecule has 0 bridgehead atoms. The summed E-state index contributed by atoms with van der Waals surface area (Å²) in [5, 5.41) is 6.37. The van der Waals surface area contributed by atoms with Crippen molar-refractivity contribution >= 4 is 18.3 Å². The van der Waals surface area contributed by atoms with Crippen LogP contribution in [0.25, 0.3) is 0 Å². The fourth-order valence-corrected chi connectivity index (χ4v) is 2.62. The summed E-state index contributed by atoms with van der Waals surface area (Å²) < 4.78 is 5.60. The van der Waals surface area contributed by atoms with Gasteiger partial charge in [0, 0.05) is 25.6 Å². The van der Waals surface area contributed by atoms with Gasteiger partial charge in [0.25, 0.3) is 0 Å². The molecule has 1 aliphatic heterocycles. The maximum atomic E-state index is 12.0.